The molecule has 4 aromatic rings. The van der Waals surface area contributed by atoms with E-state index in [-0.39, 0.29) is 11.7 Å². The lowest BCUT2D eigenvalue weighted by molar-refractivity contribution is 0.101. The molecule has 0 bridgehead atoms. The minimum absolute atomic E-state index is 0.162. The average molecular weight is 400 g/mol. The lowest BCUT2D eigenvalue weighted by Gasteiger charge is -2.21. The average Bonchev–Trinajstić information content (AvgIpc) is 2.92. The fourth-order valence-electron chi connectivity index (χ4n) is 4.08. The third kappa shape index (κ3) is 3.49. The van der Waals surface area contributed by atoms with Crippen molar-refractivity contribution in [2.45, 2.75) is 32.6 Å². The van der Waals surface area contributed by atoms with E-state index in [0.29, 0.717) is 16.9 Å². The van der Waals surface area contributed by atoms with Crippen LogP contribution in [0, 0.1) is 6.92 Å². The summed E-state index contributed by atoms with van der Waals surface area (Å²) >= 11 is 0. The number of benzene rings is 2. The van der Waals surface area contributed by atoms with Crippen LogP contribution in [0.4, 0.5) is 11.5 Å². The van der Waals surface area contributed by atoms with Crippen LogP contribution in [0.15, 0.2) is 52.9 Å². The van der Waals surface area contributed by atoms with Crippen molar-refractivity contribution in [3.05, 3.63) is 59.9 Å². The van der Waals surface area contributed by atoms with Crippen LogP contribution in [0.2, 0.25) is 0 Å². The van der Waals surface area contributed by atoms with E-state index in [0.717, 1.165) is 48.2 Å². The standard InChI is InChI=1S/C24H24N4O2/c1-16-9-8-10-17(15-16)25-24(29)22-26-20-18-11-4-5-12-19(18)30-21(20)23(27-22)28-13-6-2-3-7-14-28/h4-5,8-12,15H,2-3,6-7,13-14H2,1H3,(H,25,29). The van der Waals surface area contributed by atoms with Crippen molar-refractivity contribution >= 4 is 39.5 Å². The molecule has 2 aromatic carbocycles. The summed E-state index contributed by atoms with van der Waals surface area (Å²) in [6.45, 7) is 3.80. The van der Waals surface area contributed by atoms with Crippen LogP contribution in [0.25, 0.3) is 22.1 Å². The molecule has 0 atom stereocenters. The Morgan fingerprint density at radius 2 is 1.80 bits per heavy atom. The molecule has 0 aliphatic carbocycles. The van der Waals surface area contributed by atoms with Gasteiger partial charge < -0.3 is 14.6 Å². The Labute approximate surface area is 174 Å². The number of carbonyl (C=O) groups is 1. The zero-order valence-electron chi connectivity index (χ0n) is 17.0. The van der Waals surface area contributed by atoms with E-state index in [2.05, 4.69) is 20.2 Å². The van der Waals surface area contributed by atoms with E-state index in [9.17, 15) is 4.79 Å². The van der Waals surface area contributed by atoms with Crippen LogP contribution in [0.1, 0.15) is 41.9 Å². The van der Waals surface area contributed by atoms with Crippen molar-refractivity contribution in [2.24, 2.45) is 0 Å². The fraction of sp³-hybridized carbons (Fsp3) is 0.292. The highest BCUT2D eigenvalue weighted by atomic mass is 16.3. The number of nitrogens with zero attached hydrogens (tertiary/aromatic N) is 3. The number of nitrogens with one attached hydrogen (secondary N) is 1. The largest absolute Gasteiger partial charge is 0.450 e. The van der Waals surface area contributed by atoms with Gasteiger partial charge in [0, 0.05) is 24.2 Å². The predicted octanol–water partition coefficient (Wildman–Crippen LogP) is 5.32. The zero-order valence-corrected chi connectivity index (χ0v) is 17.0. The smallest absolute Gasteiger partial charge is 0.293 e. The number of fused-ring (bicyclic) bond motifs is 3. The minimum atomic E-state index is -0.316. The first kappa shape index (κ1) is 18.6. The molecule has 0 radical (unpaired) electrons. The van der Waals surface area contributed by atoms with Gasteiger partial charge >= 0.3 is 0 Å². The number of anilines is 2. The number of aryl methyl sites for hydroxylation is 1. The molecule has 6 nitrogen and oxygen atoms in total. The van der Waals surface area contributed by atoms with Gasteiger partial charge in [0.25, 0.3) is 5.91 Å². The lowest BCUT2D eigenvalue weighted by Crippen LogP contribution is -2.26. The maximum absolute atomic E-state index is 13.0. The Kier molecular flexibility index (Phi) is 4.83. The molecule has 6 heteroatoms. The Morgan fingerprint density at radius 1 is 1.00 bits per heavy atom. The van der Waals surface area contributed by atoms with E-state index < -0.39 is 0 Å². The van der Waals surface area contributed by atoms with E-state index in [1.54, 1.807) is 0 Å². The Hall–Kier alpha value is -3.41. The molecule has 0 saturated carbocycles. The number of carbonyl (C=O) groups excluding carboxylic acids is 1. The topological polar surface area (TPSA) is 71.3 Å². The highest BCUT2D eigenvalue weighted by Gasteiger charge is 2.23. The predicted molar refractivity (Wildman–Crippen MR) is 119 cm³/mol. The number of amides is 1. The van der Waals surface area contributed by atoms with Crippen molar-refractivity contribution in [1.29, 1.82) is 0 Å². The molecule has 1 aliphatic rings. The number of furan rings is 1. The Bertz CT molecular complexity index is 1220. The van der Waals surface area contributed by atoms with Gasteiger partial charge in [-0.25, -0.2) is 9.97 Å². The number of hydrogen-bond donors (Lipinski definition) is 1. The Balaban J connectivity index is 1.62. The molecule has 1 amide bonds. The van der Waals surface area contributed by atoms with Gasteiger partial charge in [-0.3, -0.25) is 4.79 Å². The van der Waals surface area contributed by atoms with Crippen molar-refractivity contribution < 1.29 is 9.21 Å². The summed E-state index contributed by atoms with van der Waals surface area (Å²) in [6.07, 6.45) is 4.64. The second-order valence-electron chi connectivity index (χ2n) is 7.87. The molecular formula is C24H24N4O2. The van der Waals surface area contributed by atoms with Crippen molar-refractivity contribution in [1.82, 2.24) is 9.97 Å². The maximum Gasteiger partial charge on any atom is 0.293 e. The van der Waals surface area contributed by atoms with Gasteiger partial charge in [0.1, 0.15) is 11.1 Å². The van der Waals surface area contributed by atoms with Gasteiger partial charge in [-0.15, -0.1) is 0 Å². The number of hydrogen-bond acceptors (Lipinski definition) is 5. The SMILES string of the molecule is Cc1cccc(NC(=O)c2nc(N3CCCCCC3)c3oc4ccccc4c3n2)c1. The number of rotatable bonds is 3. The molecule has 0 unspecified atom stereocenters. The first-order chi connectivity index (χ1) is 14.7. The first-order valence-corrected chi connectivity index (χ1v) is 10.5. The zero-order chi connectivity index (χ0) is 20.5. The van der Waals surface area contributed by atoms with E-state index in [1.807, 2.05) is 55.5 Å². The second kappa shape index (κ2) is 7.78. The summed E-state index contributed by atoms with van der Waals surface area (Å²) in [6, 6.07) is 15.5. The molecule has 2 aromatic heterocycles. The monoisotopic (exact) mass is 400 g/mol. The summed E-state index contributed by atoms with van der Waals surface area (Å²) in [4.78, 5) is 24.6. The molecular weight excluding hydrogens is 376 g/mol. The van der Waals surface area contributed by atoms with Gasteiger partial charge in [-0.1, -0.05) is 37.1 Å². The van der Waals surface area contributed by atoms with Crippen LogP contribution in [-0.2, 0) is 0 Å². The molecule has 30 heavy (non-hydrogen) atoms. The van der Waals surface area contributed by atoms with Crippen LogP contribution < -0.4 is 10.2 Å². The highest BCUT2D eigenvalue weighted by molar-refractivity contribution is 6.09. The minimum Gasteiger partial charge on any atom is -0.450 e. The molecule has 0 spiro atoms. The normalized spacial score (nSPS) is 14.8. The molecule has 1 N–H and O–H groups in total. The summed E-state index contributed by atoms with van der Waals surface area (Å²) in [5, 5.41) is 3.83. The van der Waals surface area contributed by atoms with Crippen molar-refractivity contribution in [3.8, 4) is 0 Å². The van der Waals surface area contributed by atoms with E-state index >= 15 is 0 Å². The number of para-hydroxylation sites is 1. The van der Waals surface area contributed by atoms with Crippen molar-refractivity contribution in [2.75, 3.05) is 23.3 Å². The third-order valence-corrected chi connectivity index (χ3v) is 5.59. The van der Waals surface area contributed by atoms with Crippen LogP contribution in [0.5, 0.6) is 0 Å². The molecule has 152 valence electrons. The van der Waals surface area contributed by atoms with E-state index in [1.165, 1.54) is 12.8 Å². The summed E-state index contributed by atoms with van der Waals surface area (Å²) in [5.74, 6) is 0.561. The summed E-state index contributed by atoms with van der Waals surface area (Å²) < 4.78 is 6.15. The molecule has 1 fully saturated rings. The van der Waals surface area contributed by atoms with Crippen LogP contribution in [0.3, 0.4) is 0 Å². The quantitative estimate of drug-likeness (QED) is 0.504. The fourth-order valence-corrected chi connectivity index (χ4v) is 4.08. The van der Waals surface area contributed by atoms with E-state index in [4.69, 9.17) is 4.42 Å². The van der Waals surface area contributed by atoms with Crippen LogP contribution >= 0.6 is 0 Å². The lowest BCUT2D eigenvalue weighted by atomic mass is 10.2. The summed E-state index contributed by atoms with van der Waals surface area (Å²) in [5.41, 5.74) is 3.92. The highest BCUT2D eigenvalue weighted by Crippen LogP contribution is 2.34. The summed E-state index contributed by atoms with van der Waals surface area (Å²) in [7, 11) is 0. The first-order valence-electron chi connectivity index (χ1n) is 10.5. The van der Waals surface area contributed by atoms with Gasteiger partial charge in [0.15, 0.2) is 11.4 Å². The second-order valence-corrected chi connectivity index (χ2v) is 7.87. The molecule has 3 heterocycles. The van der Waals surface area contributed by atoms with Gasteiger partial charge in [-0.2, -0.15) is 0 Å². The third-order valence-electron chi connectivity index (χ3n) is 5.59. The Morgan fingerprint density at radius 3 is 2.60 bits per heavy atom. The van der Waals surface area contributed by atoms with Gasteiger partial charge in [-0.05, 0) is 49.6 Å². The van der Waals surface area contributed by atoms with Crippen molar-refractivity contribution in [3.63, 3.8) is 0 Å². The van der Waals surface area contributed by atoms with Gasteiger partial charge in [0.2, 0.25) is 5.82 Å². The van der Waals surface area contributed by atoms with Crippen LogP contribution in [-0.4, -0.2) is 29.0 Å². The van der Waals surface area contributed by atoms with Gasteiger partial charge in [0.05, 0.1) is 0 Å². The maximum atomic E-state index is 13.0. The molecule has 1 aliphatic heterocycles. The molecule has 1 saturated heterocycles. The number of aromatic nitrogens is 2. The molecule has 5 rings (SSSR count).